The summed E-state index contributed by atoms with van der Waals surface area (Å²) in [5.74, 6) is -0.142. The Morgan fingerprint density at radius 3 is 2.79 bits per heavy atom. The summed E-state index contributed by atoms with van der Waals surface area (Å²) in [7, 11) is 0. The van der Waals surface area contributed by atoms with Crippen molar-refractivity contribution >= 4 is 29.3 Å². The predicted octanol–water partition coefficient (Wildman–Crippen LogP) is 2.84. The average Bonchev–Trinajstić information content (AvgIpc) is 2.58. The number of thioether (sulfide) groups is 1. The van der Waals surface area contributed by atoms with Gasteiger partial charge in [-0.15, -0.1) is 0 Å². The molecule has 0 saturated heterocycles. The highest BCUT2D eigenvalue weighted by molar-refractivity contribution is 7.99. The Balaban J connectivity index is 2.01. The van der Waals surface area contributed by atoms with E-state index >= 15 is 0 Å². The summed E-state index contributed by atoms with van der Waals surface area (Å²) in [6.07, 6.45) is 1.63. The second-order valence-corrected chi connectivity index (χ2v) is 6.19. The Morgan fingerprint density at radius 1 is 1.25 bits per heavy atom. The summed E-state index contributed by atoms with van der Waals surface area (Å²) in [4.78, 5) is 28.0. The van der Waals surface area contributed by atoms with Crippen molar-refractivity contribution in [3.63, 3.8) is 0 Å². The lowest BCUT2D eigenvalue weighted by molar-refractivity contribution is -0.113. The van der Waals surface area contributed by atoms with Gasteiger partial charge in [0.15, 0.2) is 0 Å². The van der Waals surface area contributed by atoms with Gasteiger partial charge in [-0.1, -0.05) is 13.0 Å². The van der Waals surface area contributed by atoms with E-state index in [1.165, 1.54) is 23.9 Å². The molecule has 126 valence electrons. The fourth-order valence-electron chi connectivity index (χ4n) is 1.96. The van der Waals surface area contributed by atoms with Gasteiger partial charge in [-0.3, -0.25) is 14.6 Å². The first-order valence-corrected chi connectivity index (χ1v) is 8.60. The lowest BCUT2D eigenvalue weighted by Gasteiger charge is -2.09. The minimum absolute atomic E-state index is 0.143. The standard InChI is InChI=1S/C17H18FN3O2S/c1-2-24-11-16(22)21-15-8-12(7-13(18)9-15)17(23)20-10-14-5-3-4-6-19-14/h3-9H,2,10-11H2,1H3,(H,20,23)(H,21,22). The number of anilines is 1. The fraction of sp³-hybridized carbons (Fsp3) is 0.235. The average molecular weight is 347 g/mol. The summed E-state index contributed by atoms with van der Waals surface area (Å²) in [6.45, 7) is 2.19. The van der Waals surface area contributed by atoms with Crippen LogP contribution in [0.4, 0.5) is 10.1 Å². The molecule has 2 rings (SSSR count). The zero-order chi connectivity index (χ0) is 17.4. The Labute approximate surface area is 144 Å². The molecule has 0 aliphatic rings. The van der Waals surface area contributed by atoms with E-state index < -0.39 is 11.7 Å². The van der Waals surface area contributed by atoms with Crippen molar-refractivity contribution < 1.29 is 14.0 Å². The van der Waals surface area contributed by atoms with Crippen LogP contribution in [0.5, 0.6) is 0 Å². The summed E-state index contributed by atoms with van der Waals surface area (Å²) in [6, 6.07) is 9.14. The maximum atomic E-state index is 13.7. The van der Waals surface area contributed by atoms with E-state index in [1.54, 1.807) is 18.3 Å². The molecule has 0 aliphatic carbocycles. The maximum Gasteiger partial charge on any atom is 0.251 e. The van der Waals surface area contributed by atoms with Gasteiger partial charge in [0.25, 0.3) is 5.91 Å². The number of hydrogen-bond acceptors (Lipinski definition) is 4. The Bertz CT molecular complexity index is 710. The number of nitrogens with one attached hydrogen (secondary N) is 2. The lowest BCUT2D eigenvalue weighted by atomic mass is 10.1. The third-order valence-electron chi connectivity index (χ3n) is 3.04. The highest BCUT2D eigenvalue weighted by Crippen LogP contribution is 2.15. The minimum atomic E-state index is -0.584. The van der Waals surface area contributed by atoms with E-state index in [9.17, 15) is 14.0 Å². The van der Waals surface area contributed by atoms with Crippen LogP contribution < -0.4 is 10.6 Å². The number of benzene rings is 1. The number of aromatic nitrogens is 1. The Morgan fingerprint density at radius 2 is 2.08 bits per heavy atom. The van der Waals surface area contributed by atoms with Crippen LogP contribution in [0.25, 0.3) is 0 Å². The SMILES string of the molecule is CCSCC(=O)Nc1cc(F)cc(C(=O)NCc2ccccn2)c1. The van der Waals surface area contributed by atoms with Crippen LogP contribution >= 0.6 is 11.8 Å². The summed E-state index contributed by atoms with van der Waals surface area (Å²) in [5, 5.41) is 5.27. The molecule has 2 aromatic rings. The van der Waals surface area contributed by atoms with Crippen molar-refractivity contribution in [1.29, 1.82) is 0 Å². The van der Waals surface area contributed by atoms with Crippen LogP contribution in [0, 0.1) is 5.82 Å². The molecule has 0 spiro atoms. The first-order chi connectivity index (χ1) is 11.6. The quantitative estimate of drug-likeness (QED) is 0.808. The zero-order valence-electron chi connectivity index (χ0n) is 13.2. The van der Waals surface area contributed by atoms with Gasteiger partial charge in [0.2, 0.25) is 5.91 Å². The van der Waals surface area contributed by atoms with Crippen molar-refractivity contribution in [3.05, 3.63) is 59.7 Å². The molecule has 2 N–H and O–H groups in total. The number of carbonyl (C=O) groups is 2. The fourth-order valence-corrected chi connectivity index (χ4v) is 2.42. The number of halogens is 1. The first kappa shape index (κ1) is 17.9. The molecule has 1 aromatic heterocycles. The van der Waals surface area contributed by atoms with E-state index in [2.05, 4.69) is 15.6 Å². The van der Waals surface area contributed by atoms with Crippen LogP contribution in [0.3, 0.4) is 0 Å². The van der Waals surface area contributed by atoms with Crippen molar-refractivity contribution in [2.24, 2.45) is 0 Å². The first-order valence-electron chi connectivity index (χ1n) is 7.44. The van der Waals surface area contributed by atoms with Gasteiger partial charge in [-0.2, -0.15) is 11.8 Å². The van der Waals surface area contributed by atoms with Crippen molar-refractivity contribution in [1.82, 2.24) is 10.3 Å². The van der Waals surface area contributed by atoms with Crippen LogP contribution in [0.15, 0.2) is 42.6 Å². The molecule has 5 nitrogen and oxygen atoms in total. The van der Waals surface area contributed by atoms with Gasteiger partial charge in [0, 0.05) is 17.4 Å². The van der Waals surface area contributed by atoms with Gasteiger partial charge in [-0.05, 0) is 36.1 Å². The molecule has 1 heterocycles. The van der Waals surface area contributed by atoms with E-state index in [0.29, 0.717) is 5.69 Å². The summed E-state index contributed by atoms with van der Waals surface area (Å²) < 4.78 is 13.7. The normalized spacial score (nSPS) is 10.2. The molecule has 24 heavy (non-hydrogen) atoms. The molecule has 7 heteroatoms. The smallest absolute Gasteiger partial charge is 0.251 e. The topological polar surface area (TPSA) is 71.1 Å². The summed E-state index contributed by atoms with van der Waals surface area (Å²) >= 11 is 1.46. The van der Waals surface area contributed by atoms with E-state index in [0.717, 1.165) is 11.8 Å². The molecule has 0 radical (unpaired) electrons. The van der Waals surface area contributed by atoms with Crippen LogP contribution in [0.2, 0.25) is 0 Å². The number of hydrogen-bond donors (Lipinski definition) is 2. The van der Waals surface area contributed by atoms with Gasteiger partial charge in [-0.25, -0.2) is 4.39 Å². The number of rotatable bonds is 7. The largest absolute Gasteiger partial charge is 0.346 e. The zero-order valence-corrected chi connectivity index (χ0v) is 14.0. The monoisotopic (exact) mass is 347 g/mol. The molecule has 0 bridgehead atoms. The second-order valence-electron chi connectivity index (χ2n) is 4.92. The molecule has 0 aliphatic heterocycles. The molecular formula is C17H18FN3O2S. The highest BCUT2D eigenvalue weighted by atomic mass is 32.2. The molecule has 0 unspecified atom stereocenters. The van der Waals surface area contributed by atoms with Crippen LogP contribution in [-0.4, -0.2) is 28.3 Å². The number of carbonyl (C=O) groups excluding carboxylic acids is 2. The molecule has 0 saturated carbocycles. The lowest BCUT2D eigenvalue weighted by Crippen LogP contribution is -2.23. The molecule has 0 atom stereocenters. The van der Waals surface area contributed by atoms with Crippen LogP contribution in [-0.2, 0) is 11.3 Å². The van der Waals surface area contributed by atoms with Gasteiger partial charge in [0.05, 0.1) is 18.0 Å². The van der Waals surface area contributed by atoms with E-state index in [4.69, 9.17) is 0 Å². The molecule has 0 fully saturated rings. The van der Waals surface area contributed by atoms with Crippen molar-refractivity contribution in [2.45, 2.75) is 13.5 Å². The Kier molecular flexibility index (Phi) is 6.74. The minimum Gasteiger partial charge on any atom is -0.346 e. The van der Waals surface area contributed by atoms with Crippen molar-refractivity contribution in [3.8, 4) is 0 Å². The Hall–Kier alpha value is -2.41. The molecule has 2 amide bonds. The maximum absolute atomic E-state index is 13.7. The van der Waals surface area contributed by atoms with E-state index in [1.807, 2.05) is 13.0 Å². The van der Waals surface area contributed by atoms with Gasteiger partial charge in [0.1, 0.15) is 5.82 Å². The van der Waals surface area contributed by atoms with E-state index in [-0.39, 0.29) is 29.5 Å². The third-order valence-corrected chi connectivity index (χ3v) is 3.91. The number of nitrogens with zero attached hydrogens (tertiary/aromatic N) is 1. The summed E-state index contributed by atoms with van der Waals surface area (Å²) in [5.41, 5.74) is 1.11. The molecule has 1 aromatic carbocycles. The second kappa shape index (κ2) is 9.02. The number of amides is 2. The van der Waals surface area contributed by atoms with Gasteiger partial charge < -0.3 is 10.6 Å². The highest BCUT2D eigenvalue weighted by Gasteiger charge is 2.11. The van der Waals surface area contributed by atoms with Crippen molar-refractivity contribution in [2.75, 3.05) is 16.8 Å². The molecular weight excluding hydrogens is 329 g/mol. The van der Waals surface area contributed by atoms with Crippen LogP contribution in [0.1, 0.15) is 23.0 Å². The third kappa shape index (κ3) is 5.66. The number of pyridine rings is 1. The van der Waals surface area contributed by atoms with Gasteiger partial charge >= 0.3 is 0 Å². The predicted molar refractivity (Wildman–Crippen MR) is 93.4 cm³/mol.